The molecule has 1 saturated heterocycles. The first-order valence-electron chi connectivity index (χ1n) is 9.68. The van der Waals surface area contributed by atoms with E-state index in [0.717, 1.165) is 0 Å². The fourth-order valence-corrected chi connectivity index (χ4v) is 3.14. The molecule has 1 aliphatic heterocycles. The number of carboxylic acids is 1. The molecule has 0 radical (unpaired) electrons. The molecule has 0 saturated carbocycles. The van der Waals surface area contributed by atoms with Gasteiger partial charge in [0.2, 0.25) is 17.7 Å². The average Bonchev–Trinajstić information content (AvgIpc) is 3.13. The van der Waals surface area contributed by atoms with Gasteiger partial charge in [-0.25, -0.2) is 4.79 Å². The lowest BCUT2D eigenvalue weighted by Crippen LogP contribution is -2.58. The van der Waals surface area contributed by atoms with Crippen LogP contribution < -0.4 is 16.4 Å². The molecule has 3 amide bonds. The van der Waals surface area contributed by atoms with Crippen molar-refractivity contribution in [3.8, 4) is 0 Å². The summed E-state index contributed by atoms with van der Waals surface area (Å²) in [4.78, 5) is 50.0. The van der Waals surface area contributed by atoms with Gasteiger partial charge in [-0.1, -0.05) is 13.8 Å². The highest BCUT2D eigenvalue weighted by atomic mass is 16.4. The van der Waals surface area contributed by atoms with E-state index in [1.54, 1.807) is 0 Å². The van der Waals surface area contributed by atoms with Gasteiger partial charge in [-0.3, -0.25) is 14.4 Å². The lowest BCUT2D eigenvalue weighted by Gasteiger charge is -2.29. The molecule has 29 heavy (non-hydrogen) atoms. The fourth-order valence-electron chi connectivity index (χ4n) is 3.14. The van der Waals surface area contributed by atoms with Gasteiger partial charge in [-0.05, 0) is 32.1 Å². The van der Waals surface area contributed by atoms with Crippen molar-refractivity contribution >= 4 is 23.7 Å². The Morgan fingerprint density at radius 1 is 1.14 bits per heavy atom. The second kappa shape index (κ2) is 11.1. The van der Waals surface area contributed by atoms with Crippen molar-refractivity contribution in [2.45, 2.75) is 70.3 Å². The molecule has 1 aliphatic rings. The number of nitrogens with zero attached hydrogens (tertiary/aromatic N) is 1. The number of aliphatic carboxylic acids is 1. The molecule has 5 unspecified atom stereocenters. The number of nitrogens with one attached hydrogen (secondary N) is 2. The van der Waals surface area contributed by atoms with Crippen LogP contribution in [-0.4, -0.2) is 87.3 Å². The van der Waals surface area contributed by atoms with Crippen LogP contribution >= 0.6 is 0 Å². The molecular weight excluding hydrogens is 384 g/mol. The van der Waals surface area contributed by atoms with Gasteiger partial charge in [0, 0.05) is 6.54 Å². The van der Waals surface area contributed by atoms with Crippen LogP contribution in [0.25, 0.3) is 0 Å². The van der Waals surface area contributed by atoms with Crippen LogP contribution in [0.2, 0.25) is 0 Å². The summed E-state index contributed by atoms with van der Waals surface area (Å²) >= 11 is 0. The zero-order valence-electron chi connectivity index (χ0n) is 17.0. The molecule has 11 heteroatoms. The van der Waals surface area contributed by atoms with E-state index in [0.29, 0.717) is 12.8 Å². The molecule has 1 fully saturated rings. The second-order valence-corrected chi connectivity index (χ2v) is 7.73. The summed E-state index contributed by atoms with van der Waals surface area (Å²) in [6, 6.07) is -4.57. The van der Waals surface area contributed by atoms with Gasteiger partial charge in [0.25, 0.3) is 0 Å². The van der Waals surface area contributed by atoms with Crippen LogP contribution in [0.4, 0.5) is 0 Å². The first-order chi connectivity index (χ1) is 13.5. The van der Waals surface area contributed by atoms with E-state index >= 15 is 0 Å². The predicted octanol–water partition coefficient (Wildman–Crippen LogP) is -2.22. The molecule has 0 aromatic rings. The number of carboxylic acid groups (broad SMARTS) is 1. The minimum atomic E-state index is -1.33. The van der Waals surface area contributed by atoms with E-state index in [-0.39, 0.29) is 18.9 Å². The Labute approximate surface area is 169 Å². The minimum Gasteiger partial charge on any atom is -0.480 e. The Balaban J connectivity index is 2.84. The molecule has 1 heterocycles. The standard InChI is InChI=1S/C18H32N4O7/c1-9(2)7-11(18(28)29)20-15(25)13-5-4-6-22(13)17(27)12(8-23)21-16(26)14(19)10(3)24/h9-14,23-24H,4-8,19H2,1-3H3,(H,20,25)(H,21,26)(H,28,29). The number of aliphatic hydroxyl groups excluding tert-OH is 2. The van der Waals surface area contributed by atoms with E-state index < -0.39 is 60.6 Å². The molecular formula is C18H32N4O7. The molecule has 0 spiro atoms. The monoisotopic (exact) mass is 416 g/mol. The van der Waals surface area contributed by atoms with Gasteiger partial charge in [-0.2, -0.15) is 0 Å². The molecule has 1 rings (SSSR count). The second-order valence-electron chi connectivity index (χ2n) is 7.73. The van der Waals surface area contributed by atoms with Crippen molar-refractivity contribution < 1.29 is 34.5 Å². The molecule has 0 bridgehead atoms. The van der Waals surface area contributed by atoms with E-state index in [1.165, 1.54) is 11.8 Å². The van der Waals surface area contributed by atoms with Gasteiger partial charge in [-0.15, -0.1) is 0 Å². The third-order valence-corrected chi connectivity index (χ3v) is 4.78. The number of carbonyl (C=O) groups excluding carboxylic acids is 3. The zero-order chi connectivity index (χ0) is 22.3. The summed E-state index contributed by atoms with van der Waals surface area (Å²) in [6.07, 6.45) is -0.0480. The van der Waals surface area contributed by atoms with Crippen molar-refractivity contribution in [3.05, 3.63) is 0 Å². The number of carbonyl (C=O) groups is 4. The number of likely N-dealkylation sites (tertiary alicyclic amines) is 1. The summed E-state index contributed by atoms with van der Waals surface area (Å²) in [5, 5.41) is 33.0. The van der Waals surface area contributed by atoms with Gasteiger partial charge in [0.05, 0.1) is 12.7 Å². The van der Waals surface area contributed by atoms with E-state index in [4.69, 9.17) is 5.73 Å². The van der Waals surface area contributed by atoms with Gasteiger partial charge in [0.1, 0.15) is 24.2 Å². The maximum absolute atomic E-state index is 12.8. The maximum Gasteiger partial charge on any atom is 0.326 e. The highest BCUT2D eigenvalue weighted by Gasteiger charge is 2.39. The van der Waals surface area contributed by atoms with Crippen LogP contribution in [-0.2, 0) is 19.2 Å². The number of nitrogens with two attached hydrogens (primary N) is 1. The van der Waals surface area contributed by atoms with Gasteiger partial charge >= 0.3 is 5.97 Å². The number of rotatable bonds is 10. The molecule has 0 aliphatic carbocycles. The van der Waals surface area contributed by atoms with Crippen molar-refractivity contribution in [1.82, 2.24) is 15.5 Å². The molecule has 7 N–H and O–H groups in total. The lowest BCUT2D eigenvalue weighted by molar-refractivity contribution is -0.145. The lowest BCUT2D eigenvalue weighted by atomic mass is 10.0. The third-order valence-electron chi connectivity index (χ3n) is 4.78. The first-order valence-corrected chi connectivity index (χ1v) is 9.68. The van der Waals surface area contributed by atoms with Crippen molar-refractivity contribution in [1.29, 1.82) is 0 Å². The summed E-state index contributed by atoms with van der Waals surface area (Å²) in [5.41, 5.74) is 5.53. The first kappa shape index (κ1) is 24.8. The van der Waals surface area contributed by atoms with Gasteiger partial charge < -0.3 is 36.6 Å². The number of amides is 3. The average molecular weight is 416 g/mol. The SMILES string of the molecule is CC(C)CC(NC(=O)C1CCCN1C(=O)C(CO)NC(=O)C(N)C(C)O)C(=O)O. The van der Waals surface area contributed by atoms with Crippen molar-refractivity contribution in [3.63, 3.8) is 0 Å². The quantitative estimate of drug-likeness (QED) is 0.231. The fraction of sp³-hybridized carbons (Fsp3) is 0.778. The third kappa shape index (κ3) is 6.94. The van der Waals surface area contributed by atoms with Crippen LogP contribution in [0.5, 0.6) is 0 Å². The van der Waals surface area contributed by atoms with Crippen molar-refractivity contribution in [2.75, 3.05) is 13.2 Å². The topological polar surface area (TPSA) is 182 Å². The van der Waals surface area contributed by atoms with E-state index in [1.807, 2.05) is 13.8 Å². The molecule has 11 nitrogen and oxygen atoms in total. The Hall–Kier alpha value is -2.24. The Bertz CT molecular complexity index is 611. The largest absolute Gasteiger partial charge is 0.480 e. The summed E-state index contributed by atoms with van der Waals surface area (Å²) in [7, 11) is 0. The maximum atomic E-state index is 12.8. The summed E-state index contributed by atoms with van der Waals surface area (Å²) in [6.45, 7) is 4.50. The highest BCUT2D eigenvalue weighted by molar-refractivity contribution is 5.94. The molecule has 5 atom stereocenters. The summed E-state index contributed by atoms with van der Waals surface area (Å²) in [5.74, 6) is -3.18. The molecule has 166 valence electrons. The van der Waals surface area contributed by atoms with E-state index in [2.05, 4.69) is 10.6 Å². The number of hydrogen-bond acceptors (Lipinski definition) is 7. The zero-order valence-corrected chi connectivity index (χ0v) is 17.0. The normalized spacial score (nSPS) is 20.7. The minimum absolute atomic E-state index is 0.0461. The molecule has 0 aromatic heterocycles. The Kier molecular flexibility index (Phi) is 9.47. The number of hydrogen-bond donors (Lipinski definition) is 6. The van der Waals surface area contributed by atoms with Crippen molar-refractivity contribution in [2.24, 2.45) is 11.7 Å². The Morgan fingerprint density at radius 3 is 2.24 bits per heavy atom. The van der Waals surface area contributed by atoms with E-state index in [9.17, 15) is 34.5 Å². The van der Waals surface area contributed by atoms with Crippen LogP contribution in [0.1, 0.15) is 40.0 Å². The van der Waals surface area contributed by atoms with Crippen LogP contribution in [0.15, 0.2) is 0 Å². The van der Waals surface area contributed by atoms with Crippen LogP contribution in [0.3, 0.4) is 0 Å². The number of aliphatic hydroxyl groups is 2. The smallest absolute Gasteiger partial charge is 0.326 e. The Morgan fingerprint density at radius 2 is 1.76 bits per heavy atom. The predicted molar refractivity (Wildman–Crippen MR) is 102 cm³/mol. The van der Waals surface area contributed by atoms with Crippen LogP contribution in [0, 0.1) is 5.92 Å². The highest BCUT2D eigenvalue weighted by Crippen LogP contribution is 2.19. The summed E-state index contributed by atoms with van der Waals surface area (Å²) < 4.78 is 0. The van der Waals surface area contributed by atoms with Gasteiger partial charge in [0.15, 0.2) is 0 Å². The molecule has 0 aromatic carbocycles.